The SMILES string of the molecule is COC(=O)c1ccc(-c2c(OCc3ccccc3)cnn2C)cc1. The highest BCUT2D eigenvalue weighted by molar-refractivity contribution is 5.90. The summed E-state index contributed by atoms with van der Waals surface area (Å²) in [4.78, 5) is 11.5. The van der Waals surface area contributed by atoms with Crippen molar-refractivity contribution in [1.29, 1.82) is 0 Å². The molecule has 0 aliphatic heterocycles. The van der Waals surface area contributed by atoms with E-state index in [1.807, 2.05) is 49.5 Å². The first-order chi connectivity index (χ1) is 11.7. The Kier molecular flexibility index (Phi) is 4.61. The van der Waals surface area contributed by atoms with Gasteiger partial charge in [-0.1, -0.05) is 42.5 Å². The minimum Gasteiger partial charge on any atom is -0.485 e. The predicted octanol–water partition coefficient (Wildman–Crippen LogP) is 3.45. The molecule has 0 aliphatic rings. The average Bonchev–Trinajstić information content (AvgIpc) is 3.01. The van der Waals surface area contributed by atoms with E-state index >= 15 is 0 Å². The molecule has 24 heavy (non-hydrogen) atoms. The molecule has 122 valence electrons. The lowest BCUT2D eigenvalue weighted by Gasteiger charge is -2.09. The molecular formula is C19H18N2O3. The zero-order valence-corrected chi connectivity index (χ0v) is 13.6. The summed E-state index contributed by atoms with van der Waals surface area (Å²) in [5.74, 6) is 0.347. The van der Waals surface area contributed by atoms with Crippen LogP contribution in [0.3, 0.4) is 0 Å². The predicted molar refractivity (Wildman–Crippen MR) is 90.8 cm³/mol. The maximum Gasteiger partial charge on any atom is 0.337 e. The van der Waals surface area contributed by atoms with Gasteiger partial charge in [0.05, 0.1) is 18.9 Å². The van der Waals surface area contributed by atoms with E-state index in [4.69, 9.17) is 9.47 Å². The number of nitrogens with zero attached hydrogens (tertiary/aromatic N) is 2. The number of hydrogen-bond donors (Lipinski definition) is 0. The van der Waals surface area contributed by atoms with E-state index in [9.17, 15) is 4.79 Å². The Hall–Kier alpha value is -3.08. The molecular weight excluding hydrogens is 304 g/mol. The van der Waals surface area contributed by atoms with Crippen LogP contribution in [0.25, 0.3) is 11.3 Å². The Bertz CT molecular complexity index is 824. The van der Waals surface area contributed by atoms with Gasteiger partial charge in [-0.2, -0.15) is 5.10 Å². The first-order valence-corrected chi connectivity index (χ1v) is 7.56. The highest BCUT2D eigenvalue weighted by Crippen LogP contribution is 2.30. The lowest BCUT2D eigenvalue weighted by molar-refractivity contribution is 0.0601. The lowest BCUT2D eigenvalue weighted by Crippen LogP contribution is -2.01. The fraction of sp³-hybridized carbons (Fsp3) is 0.158. The van der Waals surface area contributed by atoms with Crippen molar-refractivity contribution < 1.29 is 14.3 Å². The molecule has 2 aromatic carbocycles. The van der Waals surface area contributed by atoms with Gasteiger partial charge in [0.15, 0.2) is 5.75 Å². The van der Waals surface area contributed by atoms with Gasteiger partial charge in [0.25, 0.3) is 0 Å². The fourth-order valence-corrected chi connectivity index (χ4v) is 2.47. The number of aromatic nitrogens is 2. The van der Waals surface area contributed by atoms with Gasteiger partial charge >= 0.3 is 5.97 Å². The summed E-state index contributed by atoms with van der Waals surface area (Å²) in [5.41, 5.74) is 3.39. The topological polar surface area (TPSA) is 53.4 Å². The molecule has 3 rings (SSSR count). The maximum atomic E-state index is 11.5. The first-order valence-electron chi connectivity index (χ1n) is 7.56. The highest BCUT2D eigenvalue weighted by Gasteiger charge is 2.13. The smallest absolute Gasteiger partial charge is 0.337 e. The summed E-state index contributed by atoms with van der Waals surface area (Å²) in [7, 11) is 3.23. The van der Waals surface area contributed by atoms with Crippen molar-refractivity contribution in [3.63, 3.8) is 0 Å². The third kappa shape index (κ3) is 3.30. The van der Waals surface area contributed by atoms with Crippen LogP contribution in [0, 0.1) is 0 Å². The molecule has 0 amide bonds. The molecule has 0 N–H and O–H groups in total. The number of hydrogen-bond acceptors (Lipinski definition) is 4. The monoisotopic (exact) mass is 322 g/mol. The van der Waals surface area contributed by atoms with Crippen LogP contribution in [-0.2, 0) is 18.4 Å². The molecule has 0 unspecified atom stereocenters. The van der Waals surface area contributed by atoms with E-state index in [2.05, 4.69) is 5.10 Å². The summed E-state index contributed by atoms with van der Waals surface area (Å²) in [6, 6.07) is 17.1. The average molecular weight is 322 g/mol. The number of carbonyl (C=O) groups excluding carboxylic acids is 1. The molecule has 0 saturated heterocycles. The second-order valence-electron chi connectivity index (χ2n) is 5.32. The van der Waals surface area contributed by atoms with Crippen molar-refractivity contribution in [2.24, 2.45) is 7.05 Å². The van der Waals surface area contributed by atoms with Crippen molar-refractivity contribution in [2.45, 2.75) is 6.61 Å². The molecule has 3 aromatic rings. The largest absolute Gasteiger partial charge is 0.485 e. The Morgan fingerprint density at radius 1 is 1.08 bits per heavy atom. The van der Waals surface area contributed by atoms with E-state index in [1.165, 1.54) is 7.11 Å². The highest BCUT2D eigenvalue weighted by atomic mass is 16.5. The number of carbonyl (C=O) groups is 1. The molecule has 0 bridgehead atoms. The summed E-state index contributed by atoms with van der Waals surface area (Å²) in [6.07, 6.45) is 1.70. The quantitative estimate of drug-likeness (QED) is 0.675. The van der Waals surface area contributed by atoms with Gasteiger partial charge in [-0.3, -0.25) is 4.68 Å². The molecule has 1 aromatic heterocycles. The lowest BCUT2D eigenvalue weighted by atomic mass is 10.1. The van der Waals surface area contributed by atoms with E-state index < -0.39 is 0 Å². The van der Waals surface area contributed by atoms with Crippen molar-refractivity contribution in [3.8, 4) is 17.0 Å². The van der Waals surface area contributed by atoms with Crippen LogP contribution >= 0.6 is 0 Å². The van der Waals surface area contributed by atoms with Gasteiger partial charge in [0.1, 0.15) is 12.3 Å². The standard InChI is InChI=1S/C19H18N2O3/c1-21-18(15-8-10-16(11-9-15)19(22)23-2)17(12-20-21)24-13-14-6-4-3-5-7-14/h3-12H,13H2,1-2H3. The Labute approximate surface area is 140 Å². The number of esters is 1. The van der Waals surface area contributed by atoms with Crippen molar-refractivity contribution in [3.05, 3.63) is 71.9 Å². The van der Waals surface area contributed by atoms with Crippen LogP contribution in [0.15, 0.2) is 60.8 Å². The molecule has 0 aliphatic carbocycles. The number of ether oxygens (including phenoxy) is 2. The Balaban J connectivity index is 1.83. The van der Waals surface area contributed by atoms with E-state index in [0.29, 0.717) is 17.9 Å². The molecule has 5 nitrogen and oxygen atoms in total. The third-order valence-electron chi connectivity index (χ3n) is 3.72. The fourth-order valence-electron chi connectivity index (χ4n) is 2.47. The van der Waals surface area contributed by atoms with Crippen LogP contribution in [0.1, 0.15) is 15.9 Å². The number of benzene rings is 2. The maximum absolute atomic E-state index is 11.5. The molecule has 0 fully saturated rings. The molecule has 0 atom stereocenters. The van der Waals surface area contributed by atoms with E-state index in [0.717, 1.165) is 16.8 Å². The molecule has 0 spiro atoms. The molecule has 1 heterocycles. The summed E-state index contributed by atoms with van der Waals surface area (Å²) in [5, 5.41) is 4.28. The Morgan fingerprint density at radius 3 is 2.46 bits per heavy atom. The van der Waals surface area contributed by atoms with Crippen LogP contribution < -0.4 is 4.74 Å². The first kappa shape index (κ1) is 15.8. The number of aryl methyl sites for hydroxylation is 1. The normalized spacial score (nSPS) is 10.4. The van der Waals surface area contributed by atoms with Crippen molar-refractivity contribution >= 4 is 5.97 Å². The van der Waals surface area contributed by atoms with E-state index in [1.54, 1.807) is 23.0 Å². The summed E-state index contributed by atoms with van der Waals surface area (Å²) >= 11 is 0. The minimum absolute atomic E-state index is 0.355. The second-order valence-corrected chi connectivity index (χ2v) is 5.32. The van der Waals surface area contributed by atoms with E-state index in [-0.39, 0.29) is 5.97 Å². The van der Waals surface area contributed by atoms with Crippen LogP contribution in [0.5, 0.6) is 5.75 Å². The summed E-state index contributed by atoms with van der Waals surface area (Å²) < 4.78 is 12.4. The van der Waals surface area contributed by atoms with Gasteiger partial charge < -0.3 is 9.47 Å². The molecule has 0 saturated carbocycles. The third-order valence-corrected chi connectivity index (χ3v) is 3.72. The summed E-state index contributed by atoms with van der Waals surface area (Å²) in [6.45, 7) is 0.472. The minimum atomic E-state index is -0.355. The van der Waals surface area contributed by atoms with Gasteiger partial charge in [-0.25, -0.2) is 4.79 Å². The van der Waals surface area contributed by atoms with Crippen molar-refractivity contribution in [2.75, 3.05) is 7.11 Å². The van der Waals surface area contributed by atoms with Gasteiger partial charge in [-0.15, -0.1) is 0 Å². The molecule has 5 heteroatoms. The van der Waals surface area contributed by atoms with Crippen molar-refractivity contribution in [1.82, 2.24) is 9.78 Å². The Morgan fingerprint density at radius 2 is 1.79 bits per heavy atom. The van der Waals surface area contributed by atoms with Gasteiger partial charge in [0, 0.05) is 12.6 Å². The van der Waals surface area contributed by atoms with Crippen LogP contribution in [0.2, 0.25) is 0 Å². The van der Waals surface area contributed by atoms with Gasteiger partial charge in [-0.05, 0) is 17.7 Å². The second kappa shape index (κ2) is 7.00. The zero-order valence-electron chi connectivity index (χ0n) is 13.6. The number of methoxy groups -OCH3 is 1. The van der Waals surface area contributed by atoms with Crippen LogP contribution in [-0.4, -0.2) is 22.9 Å². The zero-order chi connectivity index (χ0) is 16.9. The van der Waals surface area contributed by atoms with Crippen LogP contribution in [0.4, 0.5) is 0 Å². The molecule has 0 radical (unpaired) electrons. The van der Waals surface area contributed by atoms with Gasteiger partial charge in [0.2, 0.25) is 0 Å². The number of rotatable bonds is 5.